The van der Waals surface area contributed by atoms with E-state index >= 15 is 0 Å². The lowest BCUT2D eigenvalue weighted by Gasteiger charge is -2.30. The molecule has 1 atom stereocenters. The van der Waals surface area contributed by atoms with E-state index in [4.69, 9.17) is 5.11 Å². The van der Waals surface area contributed by atoms with Gasteiger partial charge >= 0.3 is 5.97 Å². The average Bonchev–Trinajstić information content (AvgIpc) is 2.47. The molecular formula is C16H18FNO3. The summed E-state index contributed by atoms with van der Waals surface area (Å²) < 4.78 is 13.7. The van der Waals surface area contributed by atoms with Gasteiger partial charge < -0.3 is 10.0 Å². The molecule has 0 saturated carbocycles. The molecular weight excluding hydrogens is 273 g/mol. The number of amides is 1. The van der Waals surface area contributed by atoms with Crippen LogP contribution in [0.5, 0.6) is 0 Å². The second kappa shape index (κ2) is 6.52. The molecule has 1 heterocycles. The van der Waals surface area contributed by atoms with Crippen molar-refractivity contribution in [3.63, 3.8) is 0 Å². The number of hydrogen-bond acceptors (Lipinski definition) is 2. The molecule has 1 aromatic carbocycles. The van der Waals surface area contributed by atoms with Crippen molar-refractivity contribution in [1.82, 2.24) is 4.90 Å². The van der Waals surface area contributed by atoms with Crippen molar-refractivity contribution >= 4 is 17.4 Å². The first-order valence-electron chi connectivity index (χ1n) is 6.94. The van der Waals surface area contributed by atoms with Crippen LogP contribution in [-0.4, -0.2) is 35.0 Å². The van der Waals surface area contributed by atoms with E-state index in [1.165, 1.54) is 17.0 Å². The van der Waals surface area contributed by atoms with Crippen LogP contribution < -0.4 is 0 Å². The van der Waals surface area contributed by atoms with E-state index in [1.807, 2.05) is 0 Å². The molecule has 1 unspecified atom stereocenters. The molecule has 1 aliphatic heterocycles. The number of rotatable bonds is 3. The zero-order valence-corrected chi connectivity index (χ0v) is 11.9. The van der Waals surface area contributed by atoms with Gasteiger partial charge in [0.1, 0.15) is 5.82 Å². The third-order valence-corrected chi connectivity index (χ3v) is 3.72. The number of halogens is 1. The molecule has 2 rings (SSSR count). The van der Waals surface area contributed by atoms with Gasteiger partial charge in [0, 0.05) is 24.7 Å². The predicted octanol–water partition coefficient (Wildman–Crippen LogP) is 2.55. The van der Waals surface area contributed by atoms with Gasteiger partial charge in [-0.3, -0.25) is 9.59 Å². The molecule has 5 heteroatoms. The van der Waals surface area contributed by atoms with Crippen LogP contribution in [0.4, 0.5) is 4.39 Å². The van der Waals surface area contributed by atoms with Crippen molar-refractivity contribution in [1.29, 1.82) is 0 Å². The van der Waals surface area contributed by atoms with E-state index in [9.17, 15) is 14.0 Å². The van der Waals surface area contributed by atoms with Crippen molar-refractivity contribution in [3.8, 4) is 0 Å². The monoisotopic (exact) mass is 291 g/mol. The molecule has 1 aliphatic rings. The van der Waals surface area contributed by atoms with E-state index in [2.05, 4.69) is 0 Å². The lowest BCUT2D eigenvalue weighted by Crippen LogP contribution is -2.41. The first-order valence-corrected chi connectivity index (χ1v) is 6.94. The number of allylic oxidation sites excluding steroid dienone is 1. The second-order valence-electron chi connectivity index (χ2n) is 5.27. The van der Waals surface area contributed by atoms with Gasteiger partial charge in [0.15, 0.2) is 0 Å². The molecule has 1 saturated heterocycles. The highest BCUT2D eigenvalue weighted by Gasteiger charge is 2.27. The zero-order valence-electron chi connectivity index (χ0n) is 11.9. The number of nitrogens with zero attached hydrogens (tertiary/aromatic N) is 1. The molecule has 4 nitrogen and oxygen atoms in total. The topological polar surface area (TPSA) is 57.6 Å². The first kappa shape index (κ1) is 15.2. The Kier molecular flexibility index (Phi) is 4.73. The fourth-order valence-electron chi connectivity index (χ4n) is 2.51. The lowest BCUT2D eigenvalue weighted by atomic mass is 9.98. The van der Waals surface area contributed by atoms with Crippen LogP contribution >= 0.6 is 0 Å². The summed E-state index contributed by atoms with van der Waals surface area (Å²) in [5.41, 5.74) is 0.924. The maximum absolute atomic E-state index is 13.7. The van der Waals surface area contributed by atoms with Gasteiger partial charge in [0.2, 0.25) is 5.91 Å². The zero-order chi connectivity index (χ0) is 15.4. The van der Waals surface area contributed by atoms with Gasteiger partial charge in [-0.15, -0.1) is 0 Å². The fourth-order valence-corrected chi connectivity index (χ4v) is 2.51. The maximum atomic E-state index is 13.7. The minimum absolute atomic E-state index is 0.217. The number of hydrogen-bond donors (Lipinski definition) is 1. The quantitative estimate of drug-likeness (QED) is 0.871. The summed E-state index contributed by atoms with van der Waals surface area (Å²) in [7, 11) is 0. The van der Waals surface area contributed by atoms with Crippen molar-refractivity contribution in [2.45, 2.75) is 19.8 Å². The third kappa shape index (κ3) is 3.68. The summed E-state index contributed by atoms with van der Waals surface area (Å²) in [4.78, 5) is 24.7. The smallest absolute Gasteiger partial charge is 0.308 e. The molecule has 0 spiro atoms. The van der Waals surface area contributed by atoms with E-state index in [-0.39, 0.29) is 18.3 Å². The first-order chi connectivity index (χ1) is 9.99. The minimum atomic E-state index is -0.873. The van der Waals surface area contributed by atoms with Crippen molar-refractivity contribution < 1.29 is 19.1 Å². The molecule has 0 bridgehead atoms. The standard InChI is InChI=1S/C16H18FNO3/c1-11(13-6-2-3-7-14(13)17)9-15(19)18-8-4-5-12(10-18)16(20)21/h2-3,6-7,9,12H,4-5,8,10H2,1H3,(H,20,21)/b11-9+. The SMILES string of the molecule is C/C(=C\C(=O)N1CCCC(C(=O)O)C1)c1ccccc1F. The highest BCUT2D eigenvalue weighted by Crippen LogP contribution is 2.20. The number of carbonyl (C=O) groups excluding carboxylic acids is 1. The Hall–Kier alpha value is -2.17. The molecule has 112 valence electrons. The van der Waals surface area contributed by atoms with E-state index in [1.54, 1.807) is 25.1 Å². The van der Waals surface area contributed by atoms with Crippen LogP contribution in [0, 0.1) is 11.7 Å². The summed E-state index contributed by atoms with van der Waals surface area (Å²) in [5.74, 6) is -2.02. The van der Waals surface area contributed by atoms with Gasteiger partial charge in [-0.05, 0) is 31.4 Å². The Labute approximate surface area is 122 Å². The molecule has 1 aromatic rings. The summed E-state index contributed by atoms with van der Waals surface area (Å²) in [6, 6.07) is 6.26. The van der Waals surface area contributed by atoms with Gasteiger partial charge in [-0.25, -0.2) is 4.39 Å². The van der Waals surface area contributed by atoms with Crippen molar-refractivity contribution in [3.05, 3.63) is 41.7 Å². The van der Waals surface area contributed by atoms with E-state index < -0.39 is 11.9 Å². The summed E-state index contributed by atoms with van der Waals surface area (Å²) in [6.07, 6.45) is 2.65. The minimum Gasteiger partial charge on any atom is -0.481 e. The van der Waals surface area contributed by atoms with Crippen LogP contribution in [0.15, 0.2) is 30.3 Å². The van der Waals surface area contributed by atoms with Crippen molar-refractivity contribution in [2.75, 3.05) is 13.1 Å². The number of piperidine rings is 1. The van der Waals surface area contributed by atoms with E-state index in [0.717, 1.165) is 0 Å². The fraction of sp³-hybridized carbons (Fsp3) is 0.375. The summed E-state index contributed by atoms with van der Waals surface area (Å²) in [5, 5.41) is 9.03. The van der Waals surface area contributed by atoms with Gasteiger partial charge in [0.05, 0.1) is 5.92 Å². The molecule has 21 heavy (non-hydrogen) atoms. The van der Waals surface area contributed by atoms with Crippen LogP contribution in [0.25, 0.3) is 5.57 Å². The van der Waals surface area contributed by atoms with Crippen LogP contribution in [0.1, 0.15) is 25.3 Å². The highest BCUT2D eigenvalue weighted by atomic mass is 19.1. The third-order valence-electron chi connectivity index (χ3n) is 3.72. The van der Waals surface area contributed by atoms with Crippen LogP contribution in [-0.2, 0) is 9.59 Å². The van der Waals surface area contributed by atoms with E-state index in [0.29, 0.717) is 30.5 Å². The molecule has 0 radical (unpaired) electrons. The number of aliphatic carboxylic acids is 1. The average molecular weight is 291 g/mol. The summed E-state index contributed by atoms with van der Waals surface area (Å²) in [6.45, 7) is 2.44. The molecule has 1 fully saturated rings. The van der Waals surface area contributed by atoms with Gasteiger partial charge in [-0.1, -0.05) is 18.2 Å². The Bertz CT molecular complexity index is 583. The lowest BCUT2D eigenvalue weighted by molar-refractivity contribution is -0.144. The number of carboxylic acid groups (broad SMARTS) is 1. The highest BCUT2D eigenvalue weighted by molar-refractivity contribution is 5.95. The Balaban J connectivity index is 2.11. The molecule has 0 aromatic heterocycles. The molecule has 1 N–H and O–H groups in total. The number of carbonyl (C=O) groups is 2. The number of benzene rings is 1. The predicted molar refractivity (Wildman–Crippen MR) is 77.0 cm³/mol. The molecule has 1 amide bonds. The van der Waals surface area contributed by atoms with Gasteiger partial charge in [0.25, 0.3) is 0 Å². The van der Waals surface area contributed by atoms with Crippen LogP contribution in [0.3, 0.4) is 0 Å². The maximum Gasteiger partial charge on any atom is 0.308 e. The number of likely N-dealkylation sites (tertiary alicyclic amines) is 1. The normalized spacial score (nSPS) is 19.4. The summed E-state index contributed by atoms with van der Waals surface area (Å²) >= 11 is 0. The van der Waals surface area contributed by atoms with Crippen LogP contribution in [0.2, 0.25) is 0 Å². The Morgan fingerprint density at radius 3 is 2.76 bits per heavy atom. The Morgan fingerprint density at radius 1 is 1.38 bits per heavy atom. The van der Waals surface area contributed by atoms with Gasteiger partial charge in [-0.2, -0.15) is 0 Å². The second-order valence-corrected chi connectivity index (χ2v) is 5.27. The number of carboxylic acids is 1. The molecule has 0 aliphatic carbocycles. The van der Waals surface area contributed by atoms with Crippen molar-refractivity contribution in [2.24, 2.45) is 5.92 Å². The largest absolute Gasteiger partial charge is 0.481 e. The Morgan fingerprint density at radius 2 is 2.10 bits per heavy atom.